The fourth-order valence-electron chi connectivity index (χ4n) is 2.68. The van der Waals surface area contributed by atoms with Crippen LogP contribution in [0.25, 0.3) is 0 Å². The van der Waals surface area contributed by atoms with Gasteiger partial charge < -0.3 is 15.2 Å². The molecule has 4 nitrogen and oxygen atoms in total. The van der Waals surface area contributed by atoms with Gasteiger partial charge in [0.2, 0.25) is 0 Å². The van der Waals surface area contributed by atoms with E-state index in [0.717, 1.165) is 12.1 Å². The second-order valence-corrected chi connectivity index (χ2v) is 6.29. The minimum atomic E-state index is -4.93. The first-order chi connectivity index (χ1) is 11.1. The van der Waals surface area contributed by atoms with Crippen LogP contribution >= 0.6 is 15.9 Å². The second-order valence-electron chi connectivity index (χ2n) is 5.38. The summed E-state index contributed by atoms with van der Waals surface area (Å²) < 4.78 is 69.9. The topological polar surface area (TPSA) is 44.7 Å². The number of nitrogens with zero attached hydrogens (tertiary/aromatic N) is 1. The fraction of sp³-hybridized carbons (Fsp3) is 0.571. The molecule has 0 unspecified atom stereocenters. The van der Waals surface area contributed by atoms with E-state index in [0.29, 0.717) is 13.1 Å². The Bertz CT molecular complexity index is 565. The summed E-state index contributed by atoms with van der Waals surface area (Å²) in [5.74, 6) is -4.12. The van der Waals surface area contributed by atoms with Gasteiger partial charge in [-0.15, -0.1) is 13.2 Å². The van der Waals surface area contributed by atoms with E-state index in [1.807, 2.05) is 0 Å². The molecule has 10 heteroatoms. The Labute approximate surface area is 143 Å². The average molecular weight is 419 g/mol. The Balaban J connectivity index is 2.41. The van der Waals surface area contributed by atoms with Crippen molar-refractivity contribution in [2.45, 2.75) is 18.3 Å². The number of ether oxygens (including phenoxy) is 1. The van der Waals surface area contributed by atoms with Crippen molar-refractivity contribution in [1.29, 1.82) is 0 Å². The Kier molecular flexibility index (Phi) is 6.05. The minimum Gasteiger partial charge on any atom is -0.406 e. The van der Waals surface area contributed by atoms with E-state index in [1.54, 1.807) is 0 Å². The standard InChI is InChI=1S/C14H16BrF5N2O2/c15-10-5-9(6-11(7-10)24-14(18,19)20)12(13(16,17)8-23)22-3-1-21-2-4-22/h5-7,12,21,23H,1-4,8H2/t12-/m0/s1. The van der Waals surface area contributed by atoms with Crippen LogP contribution < -0.4 is 10.1 Å². The number of benzene rings is 1. The summed E-state index contributed by atoms with van der Waals surface area (Å²) in [4.78, 5) is 1.44. The van der Waals surface area contributed by atoms with Crippen molar-refractivity contribution >= 4 is 15.9 Å². The molecule has 1 fully saturated rings. The molecule has 0 aromatic heterocycles. The lowest BCUT2D eigenvalue weighted by Gasteiger charge is -2.38. The van der Waals surface area contributed by atoms with Gasteiger partial charge in [0.15, 0.2) is 0 Å². The molecule has 1 atom stereocenters. The van der Waals surface area contributed by atoms with Gasteiger partial charge in [-0.1, -0.05) is 15.9 Å². The van der Waals surface area contributed by atoms with Crippen molar-refractivity contribution < 1.29 is 31.8 Å². The van der Waals surface area contributed by atoms with Crippen molar-refractivity contribution in [1.82, 2.24) is 10.2 Å². The van der Waals surface area contributed by atoms with Gasteiger partial charge in [-0.25, -0.2) is 8.78 Å². The van der Waals surface area contributed by atoms with E-state index in [2.05, 4.69) is 26.0 Å². The Hall–Kier alpha value is -0.970. The van der Waals surface area contributed by atoms with E-state index < -0.39 is 30.7 Å². The van der Waals surface area contributed by atoms with Gasteiger partial charge in [-0.05, 0) is 23.8 Å². The number of nitrogens with one attached hydrogen (secondary N) is 1. The van der Waals surface area contributed by atoms with Gasteiger partial charge in [0.1, 0.15) is 18.4 Å². The maximum absolute atomic E-state index is 14.3. The average Bonchev–Trinajstić information content (AvgIpc) is 2.46. The maximum Gasteiger partial charge on any atom is 0.573 e. The SMILES string of the molecule is OCC(F)(F)[C@H](c1cc(Br)cc(OC(F)(F)F)c1)N1CCNCC1. The molecule has 2 rings (SSSR count). The van der Waals surface area contributed by atoms with Gasteiger partial charge in [-0.2, -0.15) is 0 Å². The third kappa shape index (κ3) is 5.01. The summed E-state index contributed by atoms with van der Waals surface area (Å²) in [6, 6.07) is 1.72. The molecule has 1 aliphatic rings. The second kappa shape index (κ2) is 7.51. The van der Waals surface area contributed by atoms with Gasteiger partial charge in [0, 0.05) is 30.7 Å². The van der Waals surface area contributed by atoms with Crippen molar-refractivity contribution in [3.05, 3.63) is 28.2 Å². The molecule has 136 valence electrons. The molecular formula is C14H16BrF5N2O2. The van der Waals surface area contributed by atoms with Crippen LogP contribution in [0.3, 0.4) is 0 Å². The molecule has 0 saturated carbocycles. The van der Waals surface area contributed by atoms with Crippen LogP contribution in [-0.4, -0.2) is 55.1 Å². The summed E-state index contributed by atoms with van der Waals surface area (Å²) in [6.07, 6.45) is -4.93. The van der Waals surface area contributed by atoms with Crippen LogP contribution in [-0.2, 0) is 0 Å². The highest BCUT2D eigenvalue weighted by Crippen LogP contribution is 2.39. The molecule has 24 heavy (non-hydrogen) atoms. The van der Waals surface area contributed by atoms with E-state index >= 15 is 0 Å². The molecule has 1 aromatic carbocycles. The third-order valence-electron chi connectivity index (χ3n) is 3.57. The lowest BCUT2D eigenvalue weighted by molar-refractivity contribution is -0.274. The zero-order valence-corrected chi connectivity index (χ0v) is 14.0. The van der Waals surface area contributed by atoms with Gasteiger partial charge in [-0.3, -0.25) is 4.90 Å². The monoisotopic (exact) mass is 418 g/mol. The summed E-state index contributed by atoms with van der Waals surface area (Å²) in [6.45, 7) is 0.0872. The molecule has 2 N–H and O–H groups in total. The van der Waals surface area contributed by atoms with E-state index in [-0.39, 0.29) is 23.1 Å². The van der Waals surface area contributed by atoms with Gasteiger partial charge in [0.25, 0.3) is 5.92 Å². The Morgan fingerprint density at radius 3 is 2.33 bits per heavy atom. The van der Waals surface area contributed by atoms with E-state index in [4.69, 9.17) is 5.11 Å². The van der Waals surface area contributed by atoms with Crippen LogP contribution in [0.15, 0.2) is 22.7 Å². The van der Waals surface area contributed by atoms with Gasteiger partial charge in [0.05, 0.1) is 0 Å². The number of piperazine rings is 1. The first kappa shape index (κ1) is 19.4. The van der Waals surface area contributed by atoms with E-state index in [1.165, 1.54) is 11.0 Å². The predicted molar refractivity (Wildman–Crippen MR) is 80.0 cm³/mol. The van der Waals surface area contributed by atoms with Crippen molar-refractivity contribution in [3.8, 4) is 5.75 Å². The quantitative estimate of drug-likeness (QED) is 0.721. The summed E-state index contributed by atoms with van der Waals surface area (Å²) >= 11 is 3.02. The molecule has 1 aromatic rings. The molecule has 1 heterocycles. The highest BCUT2D eigenvalue weighted by molar-refractivity contribution is 9.10. The van der Waals surface area contributed by atoms with Crippen LogP contribution in [0, 0.1) is 0 Å². The lowest BCUT2D eigenvalue weighted by atomic mass is 9.98. The van der Waals surface area contributed by atoms with Crippen LogP contribution in [0.2, 0.25) is 0 Å². The molecular weight excluding hydrogens is 403 g/mol. The maximum atomic E-state index is 14.3. The first-order valence-corrected chi connectivity index (χ1v) is 7.91. The van der Waals surface area contributed by atoms with Crippen molar-refractivity contribution in [2.24, 2.45) is 0 Å². The Morgan fingerprint density at radius 1 is 1.17 bits per heavy atom. The van der Waals surface area contributed by atoms with Gasteiger partial charge >= 0.3 is 6.36 Å². The van der Waals surface area contributed by atoms with E-state index in [9.17, 15) is 22.0 Å². The van der Waals surface area contributed by atoms with Crippen LogP contribution in [0.1, 0.15) is 11.6 Å². The smallest absolute Gasteiger partial charge is 0.406 e. The number of halogens is 6. The number of hydrogen-bond donors (Lipinski definition) is 2. The summed E-state index contributed by atoms with van der Waals surface area (Å²) in [7, 11) is 0. The minimum absolute atomic E-state index is 0.0652. The first-order valence-electron chi connectivity index (χ1n) is 7.12. The molecule has 1 saturated heterocycles. The van der Waals surface area contributed by atoms with Crippen molar-refractivity contribution in [2.75, 3.05) is 32.8 Å². The zero-order chi connectivity index (χ0) is 18.0. The zero-order valence-electron chi connectivity index (χ0n) is 12.4. The lowest BCUT2D eigenvalue weighted by Crippen LogP contribution is -2.51. The number of aliphatic hydroxyl groups excluding tert-OH is 1. The van der Waals surface area contributed by atoms with Crippen LogP contribution in [0.4, 0.5) is 22.0 Å². The summed E-state index contributed by atoms with van der Waals surface area (Å²) in [5.41, 5.74) is -0.0652. The molecule has 0 radical (unpaired) electrons. The molecule has 0 amide bonds. The largest absolute Gasteiger partial charge is 0.573 e. The van der Waals surface area contributed by atoms with Crippen LogP contribution in [0.5, 0.6) is 5.75 Å². The normalized spacial score (nSPS) is 18.5. The number of hydrogen-bond acceptors (Lipinski definition) is 4. The predicted octanol–water partition coefficient (Wildman–Crippen LogP) is 2.92. The Morgan fingerprint density at radius 2 is 1.79 bits per heavy atom. The molecule has 1 aliphatic heterocycles. The summed E-state index contributed by atoms with van der Waals surface area (Å²) in [5, 5.41) is 12.1. The fourth-order valence-corrected chi connectivity index (χ4v) is 3.17. The van der Waals surface area contributed by atoms with Crippen molar-refractivity contribution in [3.63, 3.8) is 0 Å². The highest BCUT2D eigenvalue weighted by atomic mass is 79.9. The number of rotatable bonds is 5. The highest BCUT2D eigenvalue weighted by Gasteiger charge is 2.44. The number of alkyl halides is 5. The number of aliphatic hydroxyl groups is 1. The molecule has 0 bridgehead atoms. The molecule has 0 spiro atoms. The molecule has 0 aliphatic carbocycles. The third-order valence-corrected chi connectivity index (χ3v) is 4.03.